The van der Waals surface area contributed by atoms with Gasteiger partial charge in [-0.05, 0) is 78.4 Å². The maximum Gasteiger partial charge on any atom is 0.232 e. The number of rotatable bonds is 10. The highest BCUT2D eigenvalue weighted by Gasteiger charge is 2.36. The third-order valence-electron chi connectivity index (χ3n) is 6.72. The van der Waals surface area contributed by atoms with E-state index in [1.165, 1.54) is 7.11 Å². The first-order valence-corrected chi connectivity index (χ1v) is 13.1. The van der Waals surface area contributed by atoms with E-state index in [1.54, 1.807) is 7.11 Å². The summed E-state index contributed by atoms with van der Waals surface area (Å²) in [5, 5.41) is 0.627. The number of hydrogen-bond acceptors (Lipinski definition) is 5. The van der Waals surface area contributed by atoms with Crippen molar-refractivity contribution in [1.29, 1.82) is 0 Å². The third kappa shape index (κ3) is 6.03. The van der Waals surface area contributed by atoms with Crippen molar-refractivity contribution in [3.63, 3.8) is 0 Å². The first kappa shape index (κ1) is 27.7. The topological polar surface area (TPSA) is 65.1 Å². The fourth-order valence-corrected chi connectivity index (χ4v) is 5.10. The molecule has 0 aliphatic carbocycles. The second-order valence-electron chi connectivity index (χ2n) is 9.93. The van der Waals surface area contributed by atoms with Gasteiger partial charge in [-0.3, -0.25) is 9.59 Å². The molecular weight excluding hydrogens is 502 g/mol. The van der Waals surface area contributed by atoms with Gasteiger partial charge in [0.15, 0.2) is 17.3 Å². The molecule has 4 rings (SSSR count). The van der Waals surface area contributed by atoms with Crippen molar-refractivity contribution in [3.05, 3.63) is 87.9 Å². The van der Waals surface area contributed by atoms with E-state index in [9.17, 15) is 9.59 Å². The normalized spacial score (nSPS) is 15.8. The van der Waals surface area contributed by atoms with Crippen molar-refractivity contribution in [2.45, 2.75) is 51.7 Å². The van der Waals surface area contributed by atoms with E-state index in [0.29, 0.717) is 22.9 Å². The highest BCUT2D eigenvalue weighted by molar-refractivity contribution is 6.30. The summed E-state index contributed by atoms with van der Waals surface area (Å²) in [5.74, 6) is 1.33. The molecule has 3 aromatic rings. The number of carbonyl (C=O) groups excluding carboxylic acids is 2. The molecule has 3 aromatic carbocycles. The lowest BCUT2D eigenvalue weighted by Crippen LogP contribution is -2.41. The number of hydrogen-bond donors (Lipinski definition) is 0. The fourth-order valence-electron chi connectivity index (χ4n) is 4.97. The Labute approximate surface area is 229 Å². The number of halogens is 1. The Morgan fingerprint density at radius 3 is 2.29 bits per heavy atom. The van der Waals surface area contributed by atoms with E-state index in [0.717, 1.165) is 27.9 Å². The van der Waals surface area contributed by atoms with Crippen LogP contribution in [-0.2, 0) is 20.7 Å². The molecule has 1 aliphatic rings. The van der Waals surface area contributed by atoms with Crippen LogP contribution < -0.4 is 14.4 Å². The molecule has 0 fully saturated rings. The summed E-state index contributed by atoms with van der Waals surface area (Å²) in [4.78, 5) is 27.6. The van der Waals surface area contributed by atoms with Gasteiger partial charge in [0.2, 0.25) is 5.91 Å². The van der Waals surface area contributed by atoms with Crippen LogP contribution in [0.1, 0.15) is 61.4 Å². The molecule has 7 heteroatoms. The zero-order valence-corrected chi connectivity index (χ0v) is 23.2. The predicted octanol–water partition coefficient (Wildman–Crippen LogP) is 6.52. The minimum absolute atomic E-state index is 0.0203. The van der Waals surface area contributed by atoms with Crippen LogP contribution in [-0.4, -0.2) is 38.6 Å². The van der Waals surface area contributed by atoms with E-state index < -0.39 is 0 Å². The van der Waals surface area contributed by atoms with Crippen molar-refractivity contribution in [3.8, 4) is 11.5 Å². The monoisotopic (exact) mass is 535 g/mol. The molecule has 0 unspecified atom stereocenters. The molecule has 0 aromatic heterocycles. The average molecular weight is 536 g/mol. The number of ketones is 1. The molecule has 0 radical (unpaired) electrons. The summed E-state index contributed by atoms with van der Waals surface area (Å²) in [7, 11) is 3.13. The van der Waals surface area contributed by atoms with Crippen molar-refractivity contribution in [2.75, 3.05) is 25.7 Å². The Kier molecular flexibility index (Phi) is 8.75. The molecular formula is C31H34ClNO5. The second-order valence-corrected chi connectivity index (χ2v) is 10.4. The Hall–Kier alpha value is -3.35. The zero-order valence-electron chi connectivity index (χ0n) is 22.5. The van der Waals surface area contributed by atoms with Gasteiger partial charge in [0.1, 0.15) is 6.61 Å². The standard InChI is InChI=1S/C31H34ClNO5/c1-19(2)38-29-17-27-23(15-28(29)37-5)16-30(35)33(31(27)22-6-10-24(32)11-7-22)25-12-8-21(9-13-25)20(3)14-26(34)18-36-4/h6-13,15,17,19-20,31H,14,16,18H2,1-5H3/t20-,31+/m1/s1. The smallest absolute Gasteiger partial charge is 0.232 e. The van der Waals surface area contributed by atoms with Crippen molar-refractivity contribution >= 4 is 29.0 Å². The summed E-state index contributed by atoms with van der Waals surface area (Å²) in [6.45, 7) is 6.07. The van der Waals surface area contributed by atoms with Crippen LogP contribution in [0.15, 0.2) is 60.7 Å². The van der Waals surface area contributed by atoms with Gasteiger partial charge in [-0.2, -0.15) is 0 Å². The Morgan fingerprint density at radius 2 is 1.68 bits per heavy atom. The second kappa shape index (κ2) is 12.0. The Bertz CT molecular complexity index is 1290. The van der Waals surface area contributed by atoms with E-state index in [4.69, 9.17) is 25.8 Å². The zero-order chi connectivity index (χ0) is 27.4. The van der Waals surface area contributed by atoms with Crippen molar-refractivity contribution < 1.29 is 23.8 Å². The molecule has 200 valence electrons. The van der Waals surface area contributed by atoms with Gasteiger partial charge in [0.05, 0.1) is 25.7 Å². The Balaban J connectivity index is 1.77. The van der Waals surface area contributed by atoms with Crippen molar-refractivity contribution in [1.82, 2.24) is 0 Å². The third-order valence-corrected chi connectivity index (χ3v) is 6.97. The largest absolute Gasteiger partial charge is 0.493 e. The Morgan fingerprint density at radius 1 is 1.00 bits per heavy atom. The SMILES string of the molecule is COCC(=O)C[C@@H](C)c1ccc(N2C(=O)Cc3cc(OC)c(OC(C)C)cc3[C@@H]2c2ccc(Cl)cc2)cc1. The number of fused-ring (bicyclic) bond motifs is 1. The van der Waals surface area contributed by atoms with Crippen LogP contribution in [0.25, 0.3) is 0 Å². The summed E-state index contributed by atoms with van der Waals surface area (Å²) in [6.07, 6.45) is 0.598. The van der Waals surface area contributed by atoms with Crippen LogP contribution in [0.4, 0.5) is 5.69 Å². The van der Waals surface area contributed by atoms with Gasteiger partial charge >= 0.3 is 0 Å². The number of amides is 1. The molecule has 0 bridgehead atoms. The lowest BCUT2D eigenvalue weighted by atomic mass is 9.86. The fraction of sp³-hybridized carbons (Fsp3) is 0.355. The quantitative estimate of drug-likeness (QED) is 0.295. The van der Waals surface area contributed by atoms with E-state index in [-0.39, 0.29) is 42.8 Å². The van der Waals surface area contributed by atoms with Gasteiger partial charge in [-0.1, -0.05) is 42.8 Å². The predicted molar refractivity (Wildman–Crippen MR) is 150 cm³/mol. The summed E-state index contributed by atoms with van der Waals surface area (Å²) in [6, 6.07) is 19.0. The summed E-state index contributed by atoms with van der Waals surface area (Å²) < 4.78 is 16.6. The minimum Gasteiger partial charge on any atom is -0.493 e. The molecule has 6 nitrogen and oxygen atoms in total. The highest BCUT2D eigenvalue weighted by Crippen LogP contribution is 2.44. The summed E-state index contributed by atoms with van der Waals surface area (Å²) >= 11 is 6.21. The van der Waals surface area contributed by atoms with Crippen LogP contribution in [0.5, 0.6) is 11.5 Å². The van der Waals surface area contributed by atoms with Crippen LogP contribution in [0, 0.1) is 0 Å². The van der Waals surface area contributed by atoms with Gasteiger partial charge in [0.25, 0.3) is 0 Å². The first-order valence-electron chi connectivity index (χ1n) is 12.8. The molecule has 0 N–H and O–H groups in total. The minimum atomic E-state index is -0.379. The molecule has 0 spiro atoms. The van der Waals surface area contributed by atoms with Gasteiger partial charge in [-0.25, -0.2) is 0 Å². The van der Waals surface area contributed by atoms with Crippen LogP contribution in [0.3, 0.4) is 0 Å². The molecule has 0 saturated heterocycles. The highest BCUT2D eigenvalue weighted by atomic mass is 35.5. The van der Waals surface area contributed by atoms with Crippen molar-refractivity contribution in [2.24, 2.45) is 0 Å². The number of anilines is 1. The maximum atomic E-state index is 13.7. The number of Topliss-reactive ketones (excluding diaryl/α,β-unsaturated/α-hetero) is 1. The van der Waals surface area contributed by atoms with E-state index in [2.05, 4.69) is 0 Å². The van der Waals surface area contributed by atoms with E-state index in [1.807, 2.05) is 86.3 Å². The lowest BCUT2D eigenvalue weighted by molar-refractivity contribution is -0.123. The van der Waals surface area contributed by atoms with Gasteiger partial charge in [0, 0.05) is 24.2 Å². The molecule has 1 heterocycles. The molecule has 2 atom stereocenters. The van der Waals surface area contributed by atoms with Gasteiger partial charge < -0.3 is 19.1 Å². The van der Waals surface area contributed by atoms with Gasteiger partial charge in [-0.15, -0.1) is 0 Å². The number of benzene rings is 3. The van der Waals surface area contributed by atoms with Crippen LogP contribution in [0.2, 0.25) is 5.02 Å². The maximum absolute atomic E-state index is 13.7. The average Bonchev–Trinajstić information content (AvgIpc) is 2.88. The molecule has 0 saturated carbocycles. The first-order chi connectivity index (χ1) is 18.2. The molecule has 1 amide bonds. The number of ether oxygens (including phenoxy) is 3. The molecule has 1 aliphatic heterocycles. The number of nitrogens with zero attached hydrogens (tertiary/aromatic N) is 1. The number of carbonyl (C=O) groups is 2. The summed E-state index contributed by atoms with van der Waals surface area (Å²) in [5.41, 5.74) is 4.63. The lowest BCUT2D eigenvalue weighted by Gasteiger charge is -2.38. The number of methoxy groups -OCH3 is 2. The van der Waals surface area contributed by atoms with Crippen LogP contribution >= 0.6 is 11.6 Å². The van der Waals surface area contributed by atoms with E-state index >= 15 is 0 Å². The molecule has 38 heavy (non-hydrogen) atoms.